The highest BCUT2D eigenvalue weighted by molar-refractivity contribution is 6.05. The quantitative estimate of drug-likeness (QED) is 0.0962. The highest BCUT2D eigenvalue weighted by Gasteiger charge is 2.27. The van der Waals surface area contributed by atoms with E-state index in [9.17, 15) is 74.4 Å². The van der Waals surface area contributed by atoms with Crippen molar-refractivity contribution in [3.05, 3.63) is 93.0 Å². The van der Waals surface area contributed by atoms with Crippen LogP contribution in [-0.2, 0) is 4.74 Å². The number of fused-ring (bicyclic) bond motifs is 2. The third kappa shape index (κ3) is 12.3. The molecule has 7 amide bonds. The first-order valence-electron chi connectivity index (χ1n) is 22.0. The van der Waals surface area contributed by atoms with Gasteiger partial charge in [0.15, 0.2) is 46.0 Å². The van der Waals surface area contributed by atoms with Gasteiger partial charge >= 0.3 is 0 Å². The number of nitrogens with zero attached hydrogens (tertiary/aromatic N) is 2. The SMILES string of the molecule is COCCNC(=O)c1ccc(C(=O)N2CCCCN(C(=O)c3ccc(C)c(O)c3O)CCCNC(=O)c3ccc(c(O)c3O)C(=O)NCCNC(=O)c3ccc(c(O)c3O)C(=O)NCCC2)c(O)c1O. The number of methoxy groups -OCH3 is 1. The minimum Gasteiger partial charge on any atom is -0.504 e. The summed E-state index contributed by atoms with van der Waals surface area (Å²) in [5.41, 5.74) is -2.21. The number of nitrogens with one attached hydrogen (secondary N) is 5. The molecule has 13 N–H and O–H groups in total. The number of hydrogen-bond donors (Lipinski definition) is 13. The molecule has 70 heavy (non-hydrogen) atoms. The van der Waals surface area contributed by atoms with Gasteiger partial charge in [0.2, 0.25) is 0 Å². The number of carbonyl (C=O) groups excluding carboxylic acids is 7. The number of phenols is 8. The van der Waals surface area contributed by atoms with E-state index in [4.69, 9.17) is 4.74 Å². The maximum atomic E-state index is 14.1. The van der Waals surface area contributed by atoms with Crippen molar-refractivity contribution in [3.63, 3.8) is 0 Å². The third-order valence-corrected chi connectivity index (χ3v) is 11.2. The zero-order valence-corrected chi connectivity index (χ0v) is 38.3. The van der Waals surface area contributed by atoms with Crippen LogP contribution in [0.2, 0.25) is 0 Å². The number of aryl methyl sites for hydroxylation is 1. The average molecular weight is 974 g/mol. The van der Waals surface area contributed by atoms with Crippen molar-refractivity contribution < 1.29 is 79.2 Å². The van der Waals surface area contributed by atoms with E-state index in [1.54, 1.807) is 0 Å². The number of amides is 7. The summed E-state index contributed by atoms with van der Waals surface area (Å²) < 4.78 is 4.91. The Labute approximate surface area is 400 Å². The number of ether oxygens (including phenoxy) is 1. The van der Waals surface area contributed by atoms with Crippen molar-refractivity contribution >= 4 is 41.4 Å². The van der Waals surface area contributed by atoms with Crippen molar-refractivity contribution in [3.8, 4) is 46.0 Å². The average Bonchev–Trinajstić information content (AvgIpc) is 3.33. The Morgan fingerprint density at radius 1 is 0.486 bits per heavy atom. The maximum Gasteiger partial charge on any atom is 0.257 e. The minimum absolute atomic E-state index is 0.00678. The molecule has 4 aromatic carbocycles. The largest absolute Gasteiger partial charge is 0.504 e. The topological polar surface area (TPSA) is 357 Å². The second-order valence-electron chi connectivity index (χ2n) is 16.0. The van der Waals surface area contributed by atoms with Crippen LogP contribution >= 0.6 is 0 Å². The summed E-state index contributed by atoms with van der Waals surface area (Å²) in [6.07, 6.45) is 0.585. The number of aromatic hydroxyl groups is 8. The van der Waals surface area contributed by atoms with E-state index >= 15 is 0 Å². The Hall–Kier alpha value is -8.47. The fraction of sp³-hybridized carbons (Fsp3) is 0.340. The minimum atomic E-state index is -0.925. The fourth-order valence-electron chi connectivity index (χ4n) is 7.30. The Balaban J connectivity index is 1.42. The maximum absolute atomic E-state index is 14.1. The normalized spacial score (nSPS) is 15.1. The standard InChI is InChI=1S/C47H55N7O16/c1-25-7-8-31(39(61)33(25)55)46(68)53-20-3-4-21-54(47(69)32-14-13-30(38(60)40(32)62)45(67)52-19-24-70-2)23-6-16-49-42(64)27-10-12-29(37(59)35(27)57)44(66)51-18-17-50-43(65)28-11-9-26(34(56)36(28)58)41(63)48-15-5-22-53/h7-14,55-62H,3-6,15-24H2,1-2H3,(H,48,63)(H,49,64)(H,50,65)(H,51,66)(H,52,67). The predicted octanol–water partition coefficient (Wildman–Crippen LogP) is 1.49. The summed E-state index contributed by atoms with van der Waals surface area (Å²) in [5.74, 6) is -12.2. The first-order chi connectivity index (χ1) is 33.4. The van der Waals surface area contributed by atoms with Gasteiger partial charge in [-0.25, -0.2) is 0 Å². The van der Waals surface area contributed by atoms with Crippen LogP contribution in [0, 0.1) is 6.92 Å². The lowest BCUT2D eigenvalue weighted by molar-refractivity contribution is 0.0714. The number of carbonyl (C=O) groups is 7. The van der Waals surface area contributed by atoms with Crippen LogP contribution in [0.15, 0.2) is 48.5 Å². The second-order valence-corrected chi connectivity index (χ2v) is 16.0. The van der Waals surface area contributed by atoms with Gasteiger partial charge in [-0.05, 0) is 80.6 Å². The second kappa shape index (κ2) is 24.0. The monoisotopic (exact) mass is 973 g/mol. The molecule has 0 saturated heterocycles. The lowest BCUT2D eigenvalue weighted by atomic mass is 10.1. The molecule has 0 aliphatic carbocycles. The summed E-state index contributed by atoms with van der Waals surface area (Å²) in [7, 11) is 1.43. The van der Waals surface area contributed by atoms with E-state index in [1.165, 1.54) is 36.0 Å². The highest BCUT2D eigenvalue weighted by atomic mass is 16.5. The van der Waals surface area contributed by atoms with Crippen LogP contribution in [0.5, 0.6) is 46.0 Å². The molecule has 0 fully saturated rings. The smallest absolute Gasteiger partial charge is 0.257 e. The molecule has 4 bridgehead atoms. The Bertz CT molecular complexity index is 2660. The molecule has 3 aliphatic heterocycles. The molecule has 0 saturated carbocycles. The third-order valence-electron chi connectivity index (χ3n) is 11.2. The van der Waals surface area contributed by atoms with Crippen molar-refractivity contribution in [1.82, 2.24) is 36.4 Å². The van der Waals surface area contributed by atoms with Gasteiger partial charge in [-0.1, -0.05) is 6.07 Å². The Morgan fingerprint density at radius 2 is 0.829 bits per heavy atom. The lowest BCUT2D eigenvalue weighted by Crippen LogP contribution is -2.37. The summed E-state index contributed by atoms with van der Waals surface area (Å²) in [6.45, 7) is 1.01. The van der Waals surface area contributed by atoms with Crippen molar-refractivity contribution in [2.24, 2.45) is 0 Å². The molecule has 4 aromatic rings. The highest BCUT2D eigenvalue weighted by Crippen LogP contribution is 2.36. The molecule has 0 aromatic heterocycles. The van der Waals surface area contributed by atoms with E-state index < -0.39 is 104 Å². The zero-order valence-electron chi connectivity index (χ0n) is 38.3. The molecule has 374 valence electrons. The molecule has 3 heterocycles. The van der Waals surface area contributed by atoms with Crippen LogP contribution in [0.4, 0.5) is 0 Å². The van der Waals surface area contributed by atoms with Gasteiger partial charge < -0.3 is 82.0 Å². The fourth-order valence-corrected chi connectivity index (χ4v) is 7.30. The number of hydrogen-bond acceptors (Lipinski definition) is 16. The van der Waals surface area contributed by atoms with Gasteiger partial charge in [0.1, 0.15) is 0 Å². The summed E-state index contributed by atoms with van der Waals surface area (Å²) in [5, 5.41) is 98.1. The van der Waals surface area contributed by atoms with E-state index in [0.717, 1.165) is 36.4 Å². The van der Waals surface area contributed by atoms with Crippen molar-refractivity contribution in [2.45, 2.75) is 32.6 Å². The summed E-state index contributed by atoms with van der Waals surface area (Å²) in [4.78, 5) is 95.3. The Morgan fingerprint density at radius 3 is 1.24 bits per heavy atom. The van der Waals surface area contributed by atoms with Crippen LogP contribution in [-0.4, -0.2) is 165 Å². The summed E-state index contributed by atoms with van der Waals surface area (Å²) in [6, 6.07) is 9.44. The van der Waals surface area contributed by atoms with E-state index in [1.807, 2.05) is 0 Å². The van der Waals surface area contributed by atoms with Crippen molar-refractivity contribution in [1.29, 1.82) is 0 Å². The van der Waals surface area contributed by atoms with Crippen molar-refractivity contribution in [2.75, 3.05) is 72.6 Å². The van der Waals surface area contributed by atoms with E-state index in [2.05, 4.69) is 26.6 Å². The van der Waals surface area contributed by atoms with Gasteiger partial charge in [0.05, 0.1) is 45.6 Å². The van der Waals surface area contributed by atoms with Gasteiger partial charge in [-0.3, -0.25) is 33.6 Å². The first-order valence-corrected chi connectivity index (χ1v) is 22.0. The van der Waals surface area contributed by atoms with Gasteiger partial charge in [-0.2, -0.15) is 0 Å². The molecular weight excluding hydrogens is 919 g/mol. The number of phenolic OH excluding ortho intramolecular Hbond substituents is 8. The van der Waals surface area contributed by atoms with Gasteiger partial charge in [0.25, 0.3) is 41.4 Å². The van der Waals surface area contributed by atoms with Crippen LogP contribution in [0.3, 0.4) is 0 Å². The molecule has 3 aliphatic rings. The Kier molecular flexibility index (Phi) is 18.0. The van der Waals surface area contributed by atoms with E-state index in [-0.39, 0.29) is 113 Å². The van der Waals surface area contributed by atoms with Crippen LogP contribution < -0.4 is 26.6 Å². The number of benzene rings is 4. The molecule has 0 unspecified atom stereocenters. The molecule has 0 atom stereocenters. The van der Waals surface area contributed by atoms with Gasteiger partial charge in [-0.15, -0.1) is 0 Å². The predicted molar refractivity (Wildman–Crippen MR) is 248 cm³/mol. The van der Waals surface area contributed by atoms with Crippen LogP contribution in [0.25, 0.3) is 0 Å². The summed E-state index contributed by atoms with van der Waals surface area (Å²) >= 11 is 0. The van der Waals surface area contributed by atoms with Crippen LogP contribution in [0.1, 0.15) is 104 Å². The molecular formula is C47H55N7O16. The first kappa shape index (κ1) is 52.5. The molecule has 0 radical (unpaired) electrons. The molecule has 0 spiro atoms. The molecule has 23 nitrogen and oxygen atoms in total. The molecule has 7 rings (SSSR count). The zero-order chi connectivity index (χ0) is 51.2. The molecule has 23 heteroatoms. The van der Waals surface area contributed by atoms with E-state index in [0.29, 0.717) is 5.56 Å². The van der Waals surface area contributed by atoms with Gasteiger partial charge in [0, 0.05) is 66.0 Å². The number of rotatable bonds is 6. The lowest BCUT2D eigenvalue weighted by Gasteiger charge is -2.26.